The lowest BCUT2D eigenvalue weighted by Gasteiger charge is -2.34. The summed E-state index contributed by atoms with van der Waals surface area (Å²) < 4.78 is 5.24. The molecule has 8 nitrogen and oxygen atoms in total. The van der Waals surface area contributed by atoms with Crippen LogP contribution >= 0.6 is 0 Å². The van der Waals surface area contributed by atoms with E-state index in [0.29, 0.717) is 31.4 Å². The highest BCUT2D eigenvalue weighted by molar-refractivity contribution is 5.98. The standard InChI is InChI=1S/C30H37N3O5/c1-29(16-17-29)26(35)23(18-20-8-5-4-6-9-20)31-27(36)24(19-21-11-13-22(38-3)14-12-21)32-28(37)30(2)15-7-10-25(34)33-30/h4-6,8-9,11-14,23-24H,7,10,15-19H2,1-3H3,(H,31,36)(H,32,37)(H,33,34). The van der Waals surface area contributed by atoms with Crippen LogP contribution in [0.25, 0.3) is 0 Å². The summed E-state index contributed by atoms with van der Waals surface area (Å²) in [6, 6.07) is 15.2. The molecule has 3 amide bonds. The minimum absolute atomic E-state index is 0.00994. The third-order valence-electron chi connectivity index (χ3n) is 7.73. The van der Waals surface area contributed by atoms with Crippen LogP contribution in [0, 0.1) is 5.41 Å². The average molecular weight is 520 g/mol. The van der Waals surface area contributed by atoms with E-state index < -0.39 is 34.9 Å². The number of hydrogen-bond donors (Lipinski definition) is 3. The summed E-state index contributed by atoms with van der Waals surface area (Å²) in [4.78, 5) is 52.5. The van der Waals surface area contributed by atoms with Crippen LogP contribution in [0.5, 0.6) is 5.75 Å². The van der Waals surface area contributed by atoms with Gasteiger partial charge in [0.15, 0.2) is 5.78 Å². The van der Waals surface area contributed by atoms with Crippen molar-refractivity contribution in [3.05, 3.63) is 65.7 Å². The summed E-state index contributed by atoms with van der Waals surface area (Å²) in [5.41, 5.74) is 0.239. The van der Waals surface area contributed by atoms with E-state index in [0.717, 1.165) is 24.0 Å². The van der Waals surface area contributed by atoms with E-state index in [1.165, 1.54) is 0 Å². The number of methoxy groups -OCH3 is 1. The summed E-state index contributed by atoms with van der Waals surface area (Å²) >= 11 is 0. The van der Waals surface area contributed by atoms with Crippen LogP contribution in [0.4, 0.5) is 0 Å². The highest BCUT2D eigenvalue weighted by atomic mass is 16.5. The van der Waals surface area contributed by atoms with Gasteiger partial charge < -0.3 is 20.7 Å². The molecule has 0 spiro atoms. The van der Waals surface area contributed by atoms with Crippen molar-refractivity contribution < 1.29 is 23.9 Å². The van der Waals surface area contributed by atoms with E-state index in [1.807, 2.05) is 49.4 Å². The maximum absolute atomic E-state index is 13.7. The van der Waals surface area contributed by atoms with Gasteiger partial charge in [0, 0.05) is 18.3 Å². The normalized spacial score (nSPS) is 21.4. The molecule has 38 heavy (non-hydrogen) atoms. The number of benzene rings is 2. The summed E-state index contributed by atoms with van der Waals surface area (Å²) in [6.45, 7) is 3.61. The van der Waals surface area contributed by atoms with Gasteiger partial charge in [0.25, 0.3) is 0 Å². The zero-order chi connectivity index (χ0) is 27.3. The van der Waals surface area contributed by atoms with Crippen molar-refractivity contribution in [2.75, 3.05) is 7.11 Å². The van der Waals surface area contributed by atoms with Crippen LogP contribution in [0.15, 0.2) is 54.6 Å². The maximum Gasteiger partial charge on any atom is 0.246 e. The molecule has 1 aliphatic heterocycles. The third kappa shape index (κ3) is 6.60. The second-order valence-electron chi connectivity index (χ2n) is 11.0. The van der Waals surface area contributed by atoms with Crippen LogP contribution in [0.2, 0.25) is 0 Å². The van der Waals surface area contributed by atoms with Crippen LogP contribution in [0.3, 0.4) is 0 Å². The van der Waals surface area contributed by atoms with Gasteiger partial charge in [-0.15, -0.1) is 0 Å². The number of carbonyl (C=O) groups excluding carboxylic acids is 4. The minimum atomic E-state index is -1.10. The minimum Gasteiger partial charge on any atom is -0.497 e. The Hall–Kier alpha value is -3.68. The van der Waals surface area contributed by atoms with Crippen LogP contribution in [0.1, 0.15) is 57.1 Å². The Morgan fingerprint density at radius 2 is 1.53 bits per heavy atom. The molecular weight excluding hydrogens is 482 g/mol. The van der Waals surface area contributed by atoms with Crippen molar-refractivity contribution in [1.29, 1.82) is 0 Å². The molecule has 1 saturated carbocycles. The first kappa shape index (κ1) is 27.4. The molecule has 2 aromatic carbocycles. The molecule has 4 rings (SSSR count). The number of piperidine rings is 1. The summed E-state index contributed by atoms with van der Waals surface area (Å²) in [5.74, 6) is -0.341. The molecule has 0 radical (unpaired) electrons. The van der Waals surface area contributed by atoms with Crippen LogP contribution < -0.4 is 20.7 Å². The Labute approximate surface area is 223 Å². The Bertz CT molecular complexity index is 1180. The topological polar surface area (TPSA) is 114 Å². The molecule has 2 fully saturated rings. The van der Waals surface area contributed by atoms with Gasteiger partial charge in [0.1, 0.15) is 17.3 Å². The fourth-order valence-electron chi connectivity index (χ4n) is 4.92. The van der Waals surface area contributed by atoms with E-state index in [1.54, 1.807) is 26.2 Å². The van der Waals surface area contributed by atoms with Crippen LogP contribution in [-0.2, 0) is 32.0 Å². The first-order chi connectivity index (χ1) is 18.1. The van der Waals surface area contributed by atoms with Crippen molar-refractivity contribution in [2.45, 2.75) is 76.4 Å². The smallest absolute Gasteiger partial charge is 0.246 e. The molecule has 2 aliphatic rings. The average Bonchev–Trinajstić information content (AvgIpc) is 3.66. The van der Waals surface area contributed by atoms with E-state index in [-0.39, 0.29) is 18.1 Å². The second-order valence-corrected chi connectivity index (χ2v) is 11.0. The first-order valence-electron chi connectivity index (χ1n) is 13.3. The van der Waals surface area contributed by atoms with Crippen LogP contribution in [-0.4, -0.2) is 48.2 Å². The number of rotatable bonds is 11. The van der Waals surface area contributed by atoms with Crippen molar-refractivity contribution in [3.63, 3.8) is 0 Å². The number of hydrogen-bond acceptors (Lipinski definition) is 5. The number of Topliss-reactive ketones (excluding diaryl/α,β-unsaturated/α-hetero) is 1. The number of ether oxygens (including phenoxy) is 1. The fourth-order valence-corrected chi connectivity index (χ4v) is 4.92. The molecule has 1 aliphatic carbocycles. The number of nitrogens with one attached hydrogen (secondary N) is 3. The van der Waals surface area contributed by atoms with E-state index in [2.05, 4.69) is 16.0 Å². The predicted octanol–water partition coefficient (Wildman–Crippen LogP) is 2.88. The lowest BCUT2D eigenvalue weighted by molar-refractivity contribution is -0.138. The zero-order valence-corrected chi connectivity index (χ0v) is 22.3. The Kier molecular flexibility index (Phi) is 8.19. The lowest BCUT2D eigenvalue weighted by Crippen LogP contribution is -2.63. The van der Waals surface area contributed by atoms with Gasteiger partial charge in [-0.1, -0.05) is 49.4 Å². The van der Waals surface area contributed by atoms with Crippen molar-refractivity contribution in [3.8, 4) is 5.75 Å². The largest absolute Gasteiger partial charge is 0.497 e. The second kappa shape index (κ2) is 11.4. The molecule has 3 unspecified atom stereocenters. The number of amides is 3. The number of carbonyl (C=O) groups is 4. The van der Waals surface area contributed by atoms with Crippen molar-refractivity contribution in [1.82, 2.24) is 16.0 Å². The number of ketones is 1. The van der Waals surface area contributed by atoms with Gasteiger partial charge in [-0.05, 0) is 62.3 Å². The molecule has 3 N–H and O–H groups in total. The molecule has 202 valence electrons. The molecular formula is C30H37N3O5. The van der Waals surface area contributed by atoms with Gasteiger partial charge in [-0.3, -0.25) is 19.2 Å². The highest BCUT2D eigenvalue weighted by Gasteiger charge is 2.48. The van der Waals surface area contributed by atoms with Crippen molar-refractivity contribution in [2.24, 2.45) is 5.41 Å². The van der Waals surface area contributed by atoms with Crippen molar-refractivity contribution >= 4 is 23.5 Å². The predicted molar refractivity (Wildman–Crippen MR) is 143 cm³/mol. The summed E-state index contributed by atoms with van der Waals surface area (Å²) in [5, 5.41) is 8.63. The van der Waals surface area contributed by atoms with E-state index >= 15 is 0 Å². The highest BCUT2D eigenvalue weighted by Crippen LogP contribution is 2.46. The molecule has 8 heteroatoms. The monoisotopic (exact) mass is 519 g/mol. The van der Waals surface area contributed by atoms with E-state index in [4.69, 9.17) is 4.74 Å². The summed E-state index contributed by atoms with van der Waals surface area (Å²) in [7, 11) is 1.58. The Morgan fingerprint density at radius 1 is 0.895 bits per heavy atom. The molecule has 2 aromatic rings. The Balaban J connectivity index is 1.56. The van der Waals surface area contributed by atoms with Gasteiger partial charge >= 0.3 is 0 Å². The summed E-state index contributed by atoms with van der Waals surface area (Å²) in [6.07, 6.45) is 3.65. The molecule has 1 saturated heterocycles. The molecule has 0 aromatic heterocycles. The third-order valence-corrected chi connectivity index (χ3v) is 7.73. The Morgan fingerprint density at radius 3 is 2.13 bits per heavy atom. The zero-order valence-electron chi connectivity index (χ0n) is 22.3. The molecule has 3 atom stereocenters. The van der Waals surface area contributed by atoms with E-state index in [9.17, 15) is 19.2 Å². The van der Waals surface area contributed by atoms with Gasteiger partial charge in [0.05, 0.1) is 13.2 Å². The first-order valence-corrected chi connectivity index (χ1v) is 13.3. The molecule has 0 bridgehead atoms. The molecule has 1 heterocycles. The quantitative estimate of drug-likeness (QED) is 0.423. The van der Waals surface area contributed by atoms with Gasteiger partial charge in [0.2, 0.25) is 17.7 Å². The SMILES string of the molecule is COc1ccc(CC(NC(=O)C2(C)CCCC(=O)N2)C(=O)NC(Cc2ccccc2)C(=O)C2(C)CC2)cc1. The van der Waals surface area contributed by atoms with Gasteiger partial charge in [-0.25, -0.2) is 0 Å². The maximum atomic E-state index is 13.7. The van der Waals surface area contributed by atoms with Gasteiger partial charge in [-0.2, -0.15) is 0 Å². The fraction of sp³-hybridized carbons (Fsp3) is 0.467. The lowest BCUT2D eigenvalue weighted by atomic mass is 9.89.